The molecule has 0 aromatic heterocycles. The Hall–Kier alpha value is -2.87. The first-order chi connectivity index (χ1) is 16.1. The van der Waals surface area contributed by atoms with Crippen LogP contribution in [0.1, 0.15) is 49.8 Å². The molecule has 1 atom stereocenters. The Morgan fingerprint density at radius 2 is 1.65 bits per heavy atom. The van der Waals surface area contributed by atoms with Gasteiger partial charge < -0.3 is 10.2 Å². The number of aryl methyl sites for hydroxylation is 2. The van der Waals surface area contributed by atoms with Crippen LogP contribution < -0.4 is 9.62 Å². The summed E-state index contributed by atoms with van der Waals surface area (Å²) < 4.78 is 26.4. The van der Waals surface area contributed by atoms with Gasteiger partial charge in [-0.25, -0.2) is 8.42 Å². The van der Waals surface area contributed by atoms with Crippen molar-refractivity contribution >= 4 is 27.5 Å². The van der Waals surface area contributed by atoms with Crippen molar-refractivity contribution in [2.75, 3.05) is 23.7 Å². The fraction of sp³-hybridized carbons (Fsp3) is 0.462. The number of nitrogens with zero attached hydrogens (tertiary/aromatic N) is 2. The Balaban J connectivity index is 2.40. The minimum atomic E-state index is -3.73. The first kappa shape index (κ1) is 27.4. The van der Waals surface area contributed by atoms with Crippen molar-refractivity contribution in [3.8, 4) is 0 Å². The number of anilines is 1. The molecule has 2 aromatic rings. The van der Waals surface area contributed by atoms with E-state index in [0.29, 0.717) is 18.7 Å². The van der Waals surface area contributed by atoms with E-state index in [1.54, 1.807) is 25.1 Å². The molecule has 0 radical (unpaired) electrons. The van der Waals surface area contributed by atoms with Gasteiger partial charge >= 0.3 is 0 Å². The van der Waals surface area contributed by atoms with Crippen molar-refractivity contribution < 1.29 is 18.0 Å². The maximum absolute atomic E-state index is 13.6. The molecule has 34 heavy (non-hydrogen) atoms. The molecule has 0 bridgehead atoms. The van der Waals surface area contributed by atoms with E-state index in [0.717, 1.165) is 40.1 Å². The summed E-state index contributed by atoms with van der Waals surface area (Å²) in [7, 11) is -3.73. The zero-order valence-electron chi connectivity index (χ0n) is 20.9. The summed E-state index contributed by atoms with van der Waals surface area (Å²) in [6.45, 7) is 8.06. The average Bonchev–Trinajstić information content (AvgIpc) is 2.78. The Morgan fingerprint density at radius 3 is 2.21 bits per heavy atom. The smallest absolute Gasteiger partial charge is 0.244 e. The number of benzene rings is 2. The molecule has 0 fully saturated rings. The number of rotatable bonds is 12. The van der Waals surface area contributed by atoms with Gasteiger partial charge in [0.25, 0.3) is 0 Å². The maximum atomic E-state index is 13.6. The SMILES string of the molecule is CCCCNC(=O)[C@H](CC)N(Cc1ccc(C)cc1)C(=O)CN(c1ccccc1C)S(C)(=O)=O. The number of nitrogens with one attached hydrogen (secondary N) is 1. The fourth-order valence-electron chi connectivity index (χ4n) is 3.75. The molecular weight excluding hydrogens is 450 g/mol. The Bertz CT molecular complexity index is 1070. The summed E-state index contributed by atoms with van der Waals surface area (Å²) in [6.07, 6.45) is 3.30. The van der Waals surface area contributed by atoms with E-state index in [2.05, 4.69) is 5.32 Å². The molecule has 7 nitrogen and oxygen atoms in total. The lowest BCUT2D eigenvalue weighted by Gasteiger charge is -2.33. The van der Waals surface area contributed by atoms with Gasteiger partial charge in [0, 0.05) is 13.1 Å². The van der Waals surface area contributed by atoms with Crippen LogP contribution in [0.4, 0.5) is 5.69 Å². The van der Waals surface area contributed by atoms with Crippen LogP contribution in [0.3, 0.4) is 0 Å². The zero-order valence-corrected chi connectivity index (χ0v) is 21.7. The molecule has 2 amide bonds. The van der Waals surface area contributed by atoms with Crippen LogP contribution in [-0.4, -0.2) is 50.5 Å². The Kier molecular flexibility index (Phi) is 10.1. The predicted octanol–water partition coefficient (Wildman–Crippen LogP) is 3.79. The van der Waals surface area contributed by atoms with E-state index in [1.165, 1.54) is 4.90 Å². The first-order valence-corrected chi connectivity index (χ1v) is 13.6. The Labute approximate surface area is 204 Å². The average molecular weight is 488 g/mol. The van der Waals surface area contributed by atoms with E-state index in [4.69, 9.17) is 0 Å². The van der Waals surface area contributed by atoms with Crippen LogP contribution in [0.2, 0.25) is 0 Å². The van der Waals surface area contributed by atoms with Gasteiger partial charge in [-0.2, -0.15) is 0 Å². The summed E-state index contributed by atoms with van der Waals surface area (Å²) in [5, 5.41) is 2.92. The molecule has 0 saturated heterocycles. The number of para-hydroxylation sites is 1. The zero-order chi connectivity index (χ0) is 25.3. The number of unbranched alkanes of at least 4 members (excludes halogenated alkanes) is 1. The van der Waals surface area contributed by atoms with E-state index in [-0.39, 0.29) is 19.0 Å². The third-order valence-electron chi connectivity index (χ3n) is 5.75. The molecule has 8 heteroatoms. The van der Waals surface area contributed by atoms with Crippen molar-refractivity contribution in [1.29, 1.82) is 0 Å². The molecule has 0 saturated carbocycles. The van der Waals surface area contributed by atoms with Crippen molar-refractivity contribution in [3.05, 3.63) is 65.2 Å². The molecule has 0 unspecified atom stereocenters. The molecule has 0 spiro atoms. The second-order valence-electron chi connectivity index (χ2n) is 8.63. The van der Waals surface area contributed by atoms with E-state index in [9.17, 15) is 18.0 Å². The number of carbonyl (C=O) groups is 2. The third-order valence-corrected chi connectivity index (χ3v) is 6.88. The van der Waals surface area contributed by atoms with E-state index < -0.39 is 22.0 Å². The number of amides is 2. The van der Waals surface area contributed by atoms with Crippen LogP contribution >= 0.6 is 0 Å². The minimum absolute atomic E-state index is 0.212. The third kappa shape index (κ3) is 7.58. The minimum Gasteiger partial charge on any atom is -0.354 e. The molecule has 2 rings (SSSR count). The second-order valence-corrected chi connectivity index (χ2v) is 10.5. The van der Waals surface area contributed by atoms with Crippen molar-refractivity contribution in [1.82, 2.24) is 10.2 Å². The fourth-order valence-corrected chi connectivity index (χ4v) is 4.66. The molecular formula is C26H37N3O4S. The van der Waals surface area contributed by atoms with Crippen molar-refractivity contribution in [3.63, 3.8) is 0 Å². The van der Waals surface area contributed by atoms with Crippen LogP contribution in [0.25, 0.3) is 0 Å². The van der Waals surface area contributed by atoms with Crippen LogP contribution in [0.15, 0.2) is 48.5 Å². The number of hydrogen-bond donors (Lipinski definition) is 1. The molecule has 0 heterocycles. The quantitative estimate of drug-likeness (QED) is 0.462. The second kappa shape index (κ2) is 12.6. The standard InChI is InChI=1S/C26H37N3O4S/c1-6-8-17-27-26(31)23(7-2)28(18-22-15-13-20(3)14-16-22)25(30)19-29(34(5,32)33)24-12-10-9-11-21(24)4/h9-16,23H,6-8,17-19H2,1-5H3,(H,27,31)/t23-/m0/s1. The highest BCUT2D eigenvalue weighted by Gasteiger charge is 2.31. The maximum Gasteiger partial charge on any atom is 0.244 e. The molecule has 0 aliphatic heterocycles. The monoisotopic (exact) mass is 487 g/mol. The number of carbonyl (C=O) groups excluding carboxylic acids is 2. The molecule has 186 valence electrons. The van der Waals surface area contributed by atoms with Gasteiger partial charge in [-0.1, -0.05) is 68.3 Å². The summed E-state index contributed by atoms with van der Waals surface area (Å²) in [4.78, 5) is 28.1. The largest absolute Gasteiger partial charge is 0.354 e. The van der Waals surface area contributed by atoms with Crippen molar-refractivity contribution in [2.45, 2.75) is 59.5 Å². The lowest BCUT2D eigenvalue weighted by Crippen LogP contribution is -2.52. The highest BCUT2D eigenvalue weighted by molar-refractivity contribution is 7.92. The van der Waals surface area contributed by atoms with Gasteiger partial charge in [-0.05, 0) is 43.9 Å². The summed E-state index contributed by atoms with van der Waals surface area (Å²) >= 11 is 0. The first-order valence-electron chi connectivity index (χ1n) is 11.7. The molecule has 0 aliphatic carbocycles. The van der Waals surface area contributed by atoms with Crippen LogP contribution in [-0.2, 0) is 26.2 Å². The van der Waals surface area contributed by atoms with Crippen molar-refractivity contribution in [2.24, 2.45) is 0 Å². The lowest BCUT2D eigenvalue weighted by molar-refractivity contribution is -0.140. The topological polar surface area (TPSA) is 86.8 Å². The molecule has 2 aromatic carbocycles. The van der Waals surface area contributed by atoms with Gasteiger partial charge in [-0.15, -0.1) is 0 Å². The predicted molar refractivity (Wildman–Crippen MR) is 137 cm³/mol. The highest BCUT2D eigenvalue weighted by atomic mass is 32.2. The molecule has 0 aliphatic rings. The van der Waals surface area contributed by atoms with Gasteiger partial charge in [0.05, 0.1) is 11.9 Å². The Morgan fingerprint density at radius 1 is 1.00 bits per heavy atom. The van der Waals surface area contributed by atoms with Gasteiger partial charge in [0.2, 0.25) is 21.8 Å². The van der Waals surface area contributed by atoms with E-state index >= 15 is 0 Å². The number of hydrogen-bond acceptors (Lipinski definition) is 4. The summed E-state index contributed by atoms with van der Waals surface area (Å²) in [5.74, 6) is -0.648. The lowest BCUT2D eigenvalue weighted by atomic mass is 10.1. The normalized spacial score (nSPS) is 12.1. The van der Waals surface area contributed by atoms with Gasteiger partial charge in [0.1, 0.15) is 12.6 Å². The van der Waals surface area contributed by atoms with Crippen LogP contribution in [0.5, 0.6) is 0 Å². The summed E-state index contributed by atoms with van der Waals surface area (Å²) in [5.41, 5.74) is 3.17. The number of sulfonamides is 1. The highest BCUT2D eigenvalue weighted by Crippen LogP contribution is 2.23. The van der Waals surface area contributed by atoms with Gasteiger partial charge in [-0.3, -0.25) is 13.9 Å². The van der Waals surface area contributed by atoms with Crippen LogP contribution in [0, 0.1) is 13.8 Å². The van der Waals surface area contributed by atoms with Gasteiger partial charge in [0.15, 0.2) is 0 Å². The summed E-state index contributed by atoms with van der Waals surface area (Å²) in [6, 6.07) is 14.1. The molecule has 1 N–H and O–H groups in total. The van der Waals surface area contributed by atoms with E-state index in [1.807, 2.05) is 51.1 Å².